The molecule has 0 unspecified atom stereocenters. The van der Waals surface area contributed by atoms with Crippen LogP contribution in [0.2, 0.25) is 0 Å². The smallest absolute Gasteiger partial charge is 0.321 e. The van der Waals surface area contributed by atoms with Crippen LogP contribution in [0, 0.1) is 0 Å². The molecule has 0 aliphatic heterocycles. The summed E-state index contributed by atoms with van der Waals surface area (Å²) in [4.78, 5) is 25.3. The summed E-state index contributed by atoms with van der Waals surface area (Å²) in [5.41, 5.74) is 0. The fraction of sp³-hybridized carbons (Fsp3) is 0.857. The van der Waals surface area contributed by atoms with Crippen LogP contribution in [-0.4, -0.2) is 42.5 Å². The van der Waals surface area contributed by atoms with Crippen LogP contribution in [0.3, 0.4) is 0 Å². The van der Waals surface area contributed by atoms with E-state index in [0.717, 1.165) is 25.7 Å². The fourth-order valence-electron chi connectivity index (χ4n) is 2.67. The molecule has 0 bridgehead atoms. The molecule has 0 aromatic carbocycles. The molecule has 2 N–H and O–H groups in total. The molecule has 2 aliphatic rings. The van der Waals surface area contributed by atoms with Crippen molar-refractivity contribution in [3.63, 3.8) is 0 Å². The minimum atomic E-state index is -0.346. The van der Waals surface area contributed by atoms with E-state index in [4.69, 9.17) is 0 Å². The molecule has 5 nitrogen and oxygen atoms in total. The van der Waals surface area contributed by atoms with Gasteiger partial charge in [-0.2, -0.15) is 0 Å². The molecule has 0 atom stereocenters. The first kappa shape index (κ1) is 14.3. The second-order valence-corrected chi connectivity index (χ2v) is 5.86. The van der Waals surface area contributed by atoms with E-state index in [1.165, 1.54) is 25.7 Å². The number of rotatable bonds is 4. The van der Waals surface area contributed by atoms with Crippen molar-refractivity contribution < 1.29 is 9.59 Å². The first-order valence-corrected chi connectivity index (χ1v) is 7.46. The molecular formula is C14H25N3O2. The third-order valence-corrected chi connectivity index (χ3v) is 4.01. The van der Waals surface area contributed by atoms with Gasteiger partial charge in [-0.1, -0.05) is 25.7 Å². The van der Waals surface area contributed by atoms with Gasteiger partial charge < -0.3 is 5.32 Å². The number of imide groups is 1. The molecule has 0 aromatic rings. The molecule has 2 saturated carbocycles. The van der Waals surface area contributed by atoms with Crippen LogP contribution < -0.4 is 10.6 Å². The summed E-state index contributed by atoms with van der Waals surface area (Å²) in [6.45, 7) is 0.308. The van der Waals surface area contributed by atoms with Gasteiger partial charge in [0.05, 0.1) is 6.54 Å². The zero-order valence-corrected chi connectivity index (χ0v) is 11.8. The van der Waals surface area contributed by atoms with Crippen molar-refractivity contribution in [3.8, 4) is 0 Å². The highest BCUT2D eigenvalue weighted by Gasteiger charge is 2.24. The van der Waals surface area contributed by atoms with Gasteiger partial charge >= 0.3 is 6.03 Å². The predicted molar refractivity (Wildman–Crippen MR) is 73.8 cm³/mol. The number of nitrogens with one attached hydrogen (secondary N) is 2. The Morgan fingerprint density at radius 3 is 2.26 bits per heavy atom. The first-order chi connectivity index (χ1) is 9.15. The number of hydrogen-bond donors (Lipinski definition) is 2. The lowest BCUT2D eigenvalue weighted by atomic mass is 10.1. The molecular weight excluding hydrogens is 242 g/mol. The molecule has 0 radical (unpaired) electrons. The Morgan fingerprint density at radius 2 is 1.68 bits per heavy atom. The van der Waals surface area contributed by atoms with Crippen LogP contribution in [0.5, 0.6) is 0 Å². The maximum Gasteiger partial charge on any atom is 0.321 e. The van der Waals surface area contributed by atoms with Gasteiger partial charge in [0.2, 0.25) is 5.91 Å². The van der Waals surface area contributed by atoms with E-state index < -0.39 is 0 Å². The van der Waals surface area contributed by atoms with Crippen LogP contribution in [0.15, 0.2) is 0 Å². The number of urea groups is 1. The Labute approximate surface area is 115 Å². The van der Waals surface area contributed by atoms with Crippen molar-refractivity contribution >= 4 is 11.9 Å². The summed E-state index contributed by atoms with van der Waals surface area (Å²) >= 11 is 0. The topological polar surface area (TPSA) is 61.4 Å². The summed E-state index contributed by atoms with van der Waals surface area (Å²) in [6, 6.07) is 0.425. The predicted octanol–water partition coefficient (Wildman–Crippen LogP) is 1.63. The molecule has 0 spiro atoms. The molecule has 2 rings (SSSR count). The summed E-state index contributed by atoms with van der Waals surface area (Å²) in [7, 11) is 1.98. The quantitative estimate of drug-likeness (QED) is 0.761. The van der Waals surface area contributed by atoms with Crippen molar-refractivity contribution in [1.82, 2.24) is 15.5 Å². The average Bonchev–Trinajstić information content (AvgIpc) is 3.13. The Balaban J connectivity index is 1.68. The van der Waals surface area contributed by atoms with E-state index in [0.29, 0.717) is 12.6 Å². The van der Waals surface area contributed by atoms with E-state index in [1.807, 2.05) is 7.05 Å². The lowest BCUT2D eigenvalue weighted by Crippen LogP contribution is -2.46. The summed E-state index contributed by atoms with van der Waals surface area (Å²) in [5.74, 6) is -0.204. The maximum atomic E-state index is 11.8. The molecule has 19 heavy (non-hydrogen) atoms. The molecule has 2 aliphatic carbocycles. The second kappa shape index (κ2) is 6.89. The third-order valence-electron chi connectivity index (χ3n) is 4.01. The fourth-order valence-corrected chi connectivity index (χ4v) is 2.67. The molecule has 5 heteroatoms. The first-order valence-electron chi connectivity index (χ1n) is 7.46. The third kappa shape index (κ3) is 5.19. The molecule has 0 heterocycles. The number of likely N-dealkylation sites (N-methyl/N-ethyl adjacent to an activating group) is 1. The lowest BCUT2D eigenvalue weighted by molar-refractivity contribution is -0.121. The van der Waals surface area contributed by atoms with E-state index in [2.05, 4.69) is 15.5 Å². The van der Waals surface area contributed by atoms with E-state index in [9.17, 15) is 9.59 Å². The largest absolute Gasteiger partial charge is 0.335 e. The van der Waals surface area contributed by atoms with Crippen LogP contribution in [0.1, 0.15) is 51.4 Å². The molecule has 2 fully saturated rings. The molecule has 108 valence electrons. The van der Waals surface area contributed by atoms with Crippen molar-refractivity contribution in [1.29, 1.82) is 0 Å². The monoisotopic (exact) mass is 267 g/mol. The minimum absolute atomic E-state index is 0.204. The zero-order chi connectivity index (χ0) is 13.7. The maximum absolute atomic E-state index is 11.8. The Hall–Kier alpha value is -1.10. The van der Waals surface area contributed by atoms with Gasteiger partial charge in [-0.05, 0) is 32.7 Å². The Bertz CT molecular complexity index is 321. The normalized spacial score (nSPS) is 20.9. The van der Waals surface area contributed by atoms with Gasteiger partial charge in [-0.15, -0.1) is 0 Å². The number of carbonyl (C=O) groups is 2. The molecule has 3 amide bonds. The van der Waals surface area contributed by atoms with Crippen LogP contribution in [0.25, 0.3) is 0 Å². The van der Waals surface area contributed by atoms with Crippen molar-refractivity contribution in [2.45, 2.75) is 63.5 Å². The minimum Gasteiger partial charge on any atom is -0.335 e. The summed E-state index contributed by atoms with van der Waals surface area (Å²) in [5, 5.41) is 5.16. The summed E-state index contributed by atoms with van der Waals surface area (Å²) < 4.78 is 0. The lowest BCUT2D eigenvalue weighted by Gasteiger charge is -2.26. The van der Waals surface area contributed by atoms with Gasteiger partial charge in [0.25, 0.3) is 0 Å². The van der Waals surface area contributed by atoms with Crippen molar-refractivity contribution in [2.24, 2.45) is 0 Å². The van der Waals surface area contributed by atoms with Crippen LogP contribution in [0.4, 0.5) is 4.79 Å². The number of amides is 3. The molecule has 0 aromatic heterocycles. The summed E-state index contributed by atoms with van der Waals surface area (Å²) in [6.07, 6.45) is 9.50. The second-order valence-electron chi connectivity index (χ2n) is 5.86. The Kier molecular flexibility index (Phi) is 5.19. The van der Waals surface area contributed by atoms with Gasteiger partial charge in [0, 0.05) is 12.1 Å². The highest BCUT2D eigenvalue weighted by molar-refractivity contribution is 5.95. The van der Waals surface area contributed by atoms with E-state index in [-0.39, 0.29) is 18.0 Å². The Morgan fingerprint density at radius 1 is 1.05 bits per heavy atom. The standard InChI is InChI=1S/C14H25N3O2/c1-17(12-6-4-2-3-5-7-12)10-13(18)16-14(19)15-11-8-9-11/h11-12H,2-10H2,1H3,(H2,15,16,18,19). The van der Waals surface area contributed by atoms with E-state index in [1.54, 1.807) is 0 Å². The molecule has 0 saturated heterocycles. The van der Waals surface area contributed by atoms with Gasteiger partial charge in [0.1, 0.15) is 0 Å². The van der Waals surface area contributed by atoms with E-state index >= 15 is 0 Å². The van der Waals surface area contributed by atoms with Gasteiger partial charge in [-0.3, -0.25) is 15.0 Å². The number of nitrogens with zero attached hydrogens (tertiary/aromatic N) is 1. The number of carbonyl (C=O) groups excluding carboxylic acids is 2. The highest BCUT2D eigenvalue weighted by Crippen LogP contribution is 2.20. The number of hydrogen-bond acceptors (Lipinski definition) is 3. The average molecular weight is 267 g/mol. The van der Waals surface area contributed by atoms with Crippen LogP contribution >= 0.6 is 0 Å². The van der Waals surface area contributed by atoms with Crippen LogP contribution in [-0.2, 0) is 4.79 Å². The zero-order valence-electron chi connectivity index (χ0n) is 11.8. The van der Waals surface area contributed by atoms with Crippen molar-refractivity contribution in [3.05, 3.63) is 0 Å². The van der Waals surface area contributed by atoms with Gasteiger partial charge in [-0.25, -0.2) is 4.79 Å². The SMILES string of the molecule is CN(CC(=O)NC(=O)NC1CC1)C1CCCCCC1. The van der Waals surface area contributed by atoms with Gasteiger partial charge in [0.15, 0.2) is 0 Å². The van der Waals surface area contributed by atoms with Crippen molar-refractivity contribution in [2.75, 3.05) is 13.6 Å². The highest BCUT2D eigenvalue weighted by atomic mass is 16.2.